The van der Waals surface area contributed by atoms with Gasteiger partial charge in [0.15, 0.2) is 0 Å². The highest BCUT2D eigenvalue weighted by Crippen LogP contribution is 2.39. The third kappa shape index (κ3) is 2.15. The summed E-state index contributed by atoms with van der Waals surface area (Å²) in [4.78, 5) is 15.3. The van der Waals surface area contributed by atoms with Crippen LogP contribution in [0.15, 0.2) is 18.5 Å². The zero-order chi connectivity index (χ0) is 10.8. The molecule has 4 heteroatoms. The minimum atomic E-state index is -0.368. The molecule has 1 aromatic rings. The van der Waals surface area contributed by atoms with E-state index in [1.54, 1.807) is 12.3 Å². The van der Waals surface area contributed by atoms with Crippen molar-refractivity contribution in [3.8, 4) is 0 Å². The van der Waals surface area contributed by atoms with Crippen molar-refractivity contribution in [3.05, 3.63) is 29.6 Å². The first kappa shape index (κ1) is 10.1. The molecule has 1 heterocycles. The number of nitrogens with zero attached hydrogens (tertiary/aromatic N) is 1. The number of methoxy groups -OCH3 is 1. The predicted molar refractivity (Wildman–Crippen MR) is 55.2 cm³/mol. The van der Waals surface area contributed by atoms with Gasteiger partial charge in [0.25, 0.3) is 0 Å². The van der Waals surface area contributed by atoms with Crippen LogP contribution in [-0.4, -0.2) is 18.1 Å². The van der Waals surface area contributed by atoms with Crippen molar-refractivity contribution in [1.82, 2.24) is 4.98 Å². The van der Waals surface area contributed by atoms with Crippen LogP contribution < -0.4 is 5.73 Å². The maximum Gasteiger partial charge on any atom is 0.339 e. The standard InChI is InChI=1S/C11H14N2O2/c1-15-11(14)9-4-8(5-13-6-9)10(12)7-2-3-7/h4-7,10H,2-3,12H2,1H3. The van der Waals surface area contributed by atoms with Crippen LogP contribution in [0.1, 0.15) is 34.8 Å². The largest absolute Gasteiger partial charge is 0.465 e. The van der Waals surface area contributed by atoms with Crippen molar-refractivity contribution in [2.24, 2.45) is 11.7 Å². The highest BCUT2D eigenvalue weighted by molar-refractivity contribution is 5.89. The summed E-state index contributed by atoms with van der Waals surface area (Å²) in [6.07, 6.45) is 5.55. The summed E-state index contributed by atoms with van der Waals surface area (Å²) in [7, 11) is 1.36. The molecule has 0 saturated heterocycles. The maximum atomic E-state index is 11.3. The lowest BCUT2D eigenvalue weighted by atomic mass is 10.0. The molecule has 0 bridgehead atoms. The number of ether oxygens (including phenoxy) is 1. The molecule has 0 amide bonds. The van der Waals surface area contributed by atoms with Crippen LogP contribution in [0, 0.1) is 5.92 Å². The van der Waals surface area contributed by atoms with E-state index in [0.29, 0.717) is 11.5 Å². The van der Waals surface area contributed by atoms with Gasteiger partial charge in [0, 0.05) is 18.4 Å². The highest BCUT2D eigenvalue weighted by Gasteiger charge is 2.29. The second kappa shape index (κ2) is 3.98. The molecule has 2 N–H and O–H groups in total. The van der Waals surface area contributed by atoms with Crippen molar-refractivity contribution in [2.45, 2.75) is 18.9 Å². The average Bonchev–Trinajstić information content (AvgIpc) is 3.11. The number of carbonyl (C=O) groups is 1. The number of carbonyl (C=O) groups excluding carboxylic acids is 1. The predicted octanol–water partition coefficient (Wildman–Crippen LogP) is 1.28. The molecule has 2 rings (SSSR count). The smallest absolute Gasteiger partial charge is 0.339 e. The monoisotopic (exact) mass is 206 g/mol. The van der Waals surface area contributed by atoms with E-state index in [2.05, 4.69) is 9.72 Å². The second-order valence-electron chi connectivity index (χ2n) is 3.86. The Morgan fingerprint density at radius 2 is 2.33 bits per heavy atom. The maximum absolute atomic E-state index is 11.3. The first-order valence-corrected chi connectivity index (χ1v) is 5.01. The van der Waals surface area contributed by atoms with Crippen LogP contribution in [0.25, 0.3) is 0 Å². The van der Waals surface area contributed by atoms with Gasteiger partial charge in [-0.1, -0.05) is 0 Å². The fraction of sp³-hybridized carbons (Fsp3) is 0.455. The molecule has 1 atom stereocenters. The SMILES string of the molecule is COC(=O)c1cncc(C(N)C2CC2)c1. The van der Waals surface area contributed by atoms with Gasteiger partial charge in [0.1, 0.15) is 0 Å². The molecule has 1 fully saturated rings. The summed E-state index contributed by atoms with van der Waals surface area (Å²) in [5.74, 6) is 0.187. The van der Waals surface area contributed by atoms with Gasteiger partial charge < -0.3 is 10.5 Å². The normalized spacial score (nSPS) is 17.2. The van der Waals surface area contributed by atoms with Gasteiger partial charge in [-0.15, -0.1) is 0 Å². The number of aromatic nitrogens is 1. The van der Waals surface area contributed by atoms with Crippen LogP contribution in [0.3, 0.4) is 0 Å². The molecule has 80 valence electrons. The Bertz CT molecular complexity index is 375. The van der Waals surface area contributed by atoms with Crippen LogP contribution in [0.4, 0.5) is 0 Å². The molecule has 0 aromatic carbocycles. The van der Waals surface area contributed by atoms with Crippen LogP contribution >= 0.6 is 0 Å². The van der Waals surface area contributed by atoms with Crippen LogP contribution in [0.5, 0.6) is 0 Å². The number of esters is 1. The first-order valence-electron chi connectivity index (χ1n) is 5.01. The third-order valence-corrected chi connectivity index (χ3v) is 2.70. The minimum Gasteiger partial charge on any atom is -0.465 e. The van der Waals surface area contributed by atoms with E-state index in [4.69, 9.17) is 5.73 Å². The summed E-state index contributed by atoms with van der Waals surface area (Å²) >= 11 is 0. The van der Waals surface area contributed by atoms with Crippen LogP contribution in [-0.2, 0) is 4.74 Å². The Morgan fingerprint density at radius 1 is 1.60 bits per heavy atom. The Kier molecular flexibility index (Phi) is 2.68. The molecular formula is C11H14N2O2. The molecular weight excluding hydrogens is 192 g/mol. The van der Waals surface area contributed by atoms with Gasteiger partial charge in [-0.05, 0) is 30.4 Å². The van der Waals surface area contributed by atoms with E-state index < -0.39 is 0 Å². The number of rotatable bonds is 3. The van der Waals surface area contributed by atoms with Crippen molar-refractivity contribution in [3.63, 3.8) is 0 Å². The van der Waals surface area contributed by atoms with Gasteiger partial charge in [-0.3, -0.25) is 4.98 Å². The molecule has 4 nitrogen and oxygen atoms in total. The molecule has 15 heavy (non-hydrogen) atoms. The molecule has 0 aliphatic heterocycles. The summed E-state index contributed by atoms with van der Waals surface area (Å²) in [5, 5.41) is 0. The molecule has 1 aromatic heterocycles. The van der Waals surface area contributed by atoms with Gasteiger partial charge in [-0.25, -0.2) is 4.79 Å². The number of hydrogen-bond acceptors (Lipinski definition) is 4. The van der Waals surface area contributed by atoms with Gasteiger partial charge in [0.05, 0.1) is 12.7 Å². The Balaban J connectivity index is 2.21. The minimum absolute atomic E-state index is 0.00195. The first-order chi connectivity index (χ1) is 7.22. The van der Waals surface area contributed by atoms with E-state index in [1.807, 2.05) is 0 Å². The Morgan fingerprint density at radius 3 is 2.93 bits per heavy atom. The highest BCUT2D eigenvalue weighted by atomic mass is 16.5. The van der Waals surface area contributed by atoms with E-state index in [-0.39, 0.29) is 12.0 Å². The number of nitrogens with two attached hydrogens (primary N) is 1. The lowest BCUT2D eigenvalue weighted by molar-refractivity contribution is 0.0600. The molecule has 0 spiro atoms. The summed E-state index contributed by atoms with van der Waals surface area (Å²) < 4.78 is 4.63. The average molecular weight is 206 g/mol. The fourth-order valence-corrected chi connectivity index (χ4v) is 1.60. The lowest BCUT2D eigenvalue weighted by Gasteiger charge is -2.10. The topological polar surface area (TPSA) is 65.2 Å². The molecule has 1 aliphatic rings. The van der Waals surface area contributed by atoms with Crippen LogP contribution in [0.2, 0.25) is 0 Å². The zero-order valence-electron chi connectivity index (χ0n) is 8.64. The van der Waals surface area contributed by atoms with Crippen molar-refractivity contribution in [1.29, 1.82) is 0 Å². The number of hydrogen-bond donors (Lipinski definition) is 1. The van der Waals surface area contributed by atoms with Crippen molar-refractivity contribution >= 4 is 5.97 Å². The van der Waals surface area contributed by atoms with Gasteiger partial charge in [-0.2, -0.15) is 0 Å². The van der Waals surface area contributed by atoms with E-state index in [1.165, 1.54) is 26.1 Å². The third-order valence-electron chi connectivity index (χ3n) is 2.70. The number of pyridine rings is 1. The molecule has 0 radical (unpaired) electrons. The summed E-state index contributed by atoms with van der Waals surface area (Å²) in [6, 6.07) is 1.77. The van der Waals surface area contributed by atoms with Gasteiger partial charge >= 0.3 is 5.97 Å². The van der Waals surface area contributed by atoms with Gasteiger partial charge in [0.2, 0.25) is 0 Å². The quantitative estimate of drug-likeness (QED) is 0.756. The fourth-order valence-electron chi connectivity index (χ4n) is 1.60. The Labute approximate surface area is 88.4 Å². The zero-order valence-corrected chi connectivity index (χ0v) is 8.64. The molecule has 1 unspecified atom stereocenters. The molecule has 1 saturated carbocycles. The second-order valence-corrected chi connectivity index (χ2v) is 3.86. The molecule has 1 aliphatic carbocycles. The van der Waals surface area contributed by atoms with E-state index in [0.717, 1.165) is 5.56 Å². The summed E-state index contributed by atoms with van der Waals surface area (Å²) in [6.45, 7) is 0. The van der Waals surface area contributed by atoms with E-state index >= 15 is 0 Å². The van der Waals surface area contributed by atoms with Crippen molar-refractivity contribution in [2.75, 3.05) is 7.11 Å². The Hall–Kier alpha value is -1.42. The van der Waals surface area contributed by atoms with Crippen molar-refractivity contribution < 1.29 is 9.53 Å². The lowest BCUT2D eigenvalue weighted by Crippen LogP contribution is -2.14. The van der Waals surface area contributed by atoms with E-state index in [9.17, 15) is 4.79 Å². The summed E-state index contributed by atoms with van der Waals surface area (Å²) in [5.41, 5.74) is 7.40.